The van der Waals surface area contributed by atoms with Crippen molar-refractivity contribution in [2.24, 2.45) is 10.9 Å². The summed E-state index contributed by atoms with van der Waals surface area (Å²) in [7, 11) is 0. The SMILES string of the molecule is CC(C)[C@@H]1OC(=O)CC[C@@H](O)CC/C=C/c2ccc3c(c2)=NC(CC=3)[C@@H](C)NC(O)[C@@H]2CCCN(N2)C(O)[C@H](C)NC1=O. The first-order valence-corrected chi connectivity index (χ1v) is 15.7. The lowest BCUT2D eigenvalue weighted by atomic mass is 10.0. The number of hydrazine groups is 1. The molecule has 3 aliphatic rings. The van der Waals surface area contributed by atoms with E-state index in [2.05, 4.69) is 34.3 Å². The lowest BCUT2D eigenvalue weighted by Gasteiger charge is -2.41. The van der Waals surface area contributed by atoms with E-state index < -0.39 is 42.6 Å². The van der Waals surface area contributed by atoms with Crippen LogP contribution in [0.15, 0.2) is 29.3 Å². The average molecular weight is 600 g/mol. The third-order valence-corrected chi connectivity index (χ3v) is 8.49. The molecule has 1 amide bonds. The zero-order chi connectivity index (χ0) is 31.1. The number of aliphatic hydroxyl groups is 3. The van der Waals surface area contributed by atoms with E-state index in [1.165, 1.54) is 0 Å². The molecule has 0 saturated carbocycles. The fourth-order valence-electron chi connectivity index (χ4n) is 5.78. The van der Waals surface area contributed by atoms with Crippen molar-refractivity contribution in [2.75, 3.05) is 6.54 Å². The number of benzene rings is 1. The van der Waals surface area contributed by atoms with Crippen LogP contribution in [0.5, 0.6) is 0 Å². The van der Waals surface area contributed by atoms with Gasteiger partial charge in [-0.3, -0.25) is 19.9 Å². The molecule has 43 heavy (non-hydrogen) atoms. The summed E-state index contributed by atoms with van der Waals surface area (Å²) >= 11 is 0. The number of cyclic esters (lactones) is 1. The van der Waals surface area contributed by atoms with Crippen molar-refractivity contribution in [2.45, 2.75) is 121 Å². The molecule has 11 nitrogen and oxygen atoms in total. The van der Waals surface area contributed by atoms with Gasteiger partial charge < -0.3 is 25.4 Å². The van der Waals surface area contributed by atoms with Crippen molar-refractivity contribution in [3.8, 4) is 0 Å². The number of amides is 1. The highest BCUT2D eigenvalue weighted by molar-refractivity contribution is 5.84. The number of ether oxygens (including phenoxy) is 1. The minimum atomic E-state index is -1.08. The summed E-state index contributed by atoms with van der Waals surface area (Å²) in [6, 6.07) is 4.97. The van der Waals surface area contributed by atoms with Gasteiger partial charge >= 0.3 is 5.97 Å². The minimum absolute atomic E-state index is 0.00256. The third-order valence-electron chi connectivity index (χ3n) is 8.49. The molecule has 0 aliphatic carbocycles. The molecule has 1 aromatic carbocycles. The van der Waals surface area contributed by atoms with Gasteiger partial charge in [-0.25, -0.2) is 10.4 Å². The largest absolute Gasteiger partial charge is 0.452 e. The molecule has 1 fully saturated rings. The second kappa shape index (κ2) is 15.4. The third kappa shape index (κ3) is 9.17. The van der Waals surface area contributed by atoms with Crippen molar-refractivity contribution in [1.29, 1.82) is 0 Å². The maximum atomic E-state index is 13.1. The average Bonchev–Trinajstić information content (AvgIpc) is 2.99. The Balaban J connectivity index is 1.53. The van der Waals surface area contributed by atoms with Gasteiger partial charge in [0.05, 0.1) is 29.6 Å². The normalized spacial score (nSPS) is 35.9. The predicted octanol–water partition coefficient (Wildman–Crippen LogP) is 0.464. The fourth-order valence-corrected chi connectivity index (χ4v) is 5.78. The van der Waals surface area contributed by atoms with Crippen LogP contribution in [0.1, 0.15) is 78.2 Å². The number of carbonyl (C=O) groups excluding carboxylic acids is 2. The van der Waals surface area contributed by atoms with Gasteiger partial charge in [0.2, 0.25) is 0 Å². The number of nitrogens with one attached hydrogen (secondary N) is 3. The van der Waals surface area contributed by atoms with E-state index in [0.717, 1.165) is 29.0 Å². The maximum Gasteiger partial charge on any atom is 0.306 e. The van der Waals surface area contributed by atoms with Gasteiger partial charge in [0.25, 0.3) is 5.91 Å². The van der Waals surface area contributed by atoms with Gasteiger partial charge in [0, 0.05) is 19.0 Å². The Hall–Kier alpha value is -2.67. The van der Waals surface area contributed by atoms with Gasteiger partial charge in [0.1, 0.15) is 12.5 Å². The van der Waals surface area contributed by atoms with Gasteiger partial charge in [-0.05, 0) is 75.1 Å². The topological polar surface area (TPSA) is 156 Å². The highest BCUT2D eigenvalue weighted by atomic mass is 16.5. The molecule has 0 radical (unpaired) electrons. The van der Waals surface area contributed by atoms with Crippen LogP contribution >= 0.6 is 0 Å². The summed E-state index contributed by atoms with van der Waals surface area (Å²) in [6.07, 6.45) is 6.11. The Labute approximate surface area is 254 Å². The number of hydrogen-bond donors (Lipinski definition) is 6. The summed E-state index contributed by atoms with van der Waals surface area (Å²) in [4.78, 5) is 30.7. The monoisotopic (exact) mass is 599 g/mol. The molecule has 1 aromatic rings. The first-order chi connectivity index (χ1) is 20.5. The smallest absolute Gasteiger partial charge is 0.306 e. The van der Waals surface area contributed by atoms with Crippen LogP contribution < -0.4 is 26.6 Å². The number of allylic oxidation sites excluding steroid dienone is 1. The van der Waals surface area contributed by atoms with Crippen LogP contribution in [0.3, 0.4) is 0 Å². The number of esters is 1. The van der Waals surface area contributed by atoms with E-state index in [1.807, 2.05) is 25.1 Å². The molecular weight excluding hydrogens is 550 g/mol. The second-order valence-electron chi connectivity index (χ2n) is 12.5. The van der Waals surface area contributed by atoms with Gasteiger partial charge in [-0.15, -0.1) is 0 Å². The molecule has 4 rings (SSSR count). The Morgan fingerprint density at radius 3 is 2.63 bits per heavy atom. The summed E-state index contributed by atoms with van der Waals surface area (Å²) in [5.74, 6) is -1.33. The number of fused-ring (bicyclic) bond motifs is 4. The van der Waals surface area contributed by atoms with E-state index in [-0.39, 0.29) is 36.9 Å². The number of hydrogen-bond acceptors (Lipinski definition) is 10. The first-order valence-electron chi connectivity index (χ1n) is 15.7. The Bertz CT molecular complexity index is 1260. The number of aliphatic hydroxyl groups excluding tert-OH is 3. The Kier molecular flexibility index (Phi) is 11.9. The molecule has 3 aliphatic heterocycles. The molecule has 1 saturated heterocycles. The molecule has 0 aromatic heterocycles. The van der Waals surface area contributed by atoms with Gasteiger partial charge in [-0.1, -0.05) is 44.2 Å². The minimum Gasteiger partial charge on any atom is -0.452 e. The molecular formula is C32H49N5O6. The van der Waals surface area contributed by atoms with Crippen LogP contribution in [0.2, 0.25) is 0 Å². The Morgan fingerprint density at radius 1 is 1.07 bits per heavy atom. The predicted molar refractivity (Wildman–Crippen MR) is 163 cm³/mol. The molecule has 238 valence electrons. The quantitative estimate of drug-likeness (QED) is 0.253. The van der Waals surface area contributed by atoms with E-state index in [4.69, 9.17) is 9.73 Å². The lowest BCUT2D eigenvalue weighted by molar-refractivity contribution is -0.160. The van der Waals surface area contributed by atoms with Crippen LogP contribution in [0.25, 0.3) is 12.2 Å². The number of nitrogens with zero attached hydrogens (tertiary/aromatic N) is 2. The molecule has 9 atom stereocenters. The van der Waals surface area contributed by atoms with Crippen LogP contribution in [-0.2, 0) is 14.3 Å². The second-order valence-corrected chi connectivity index (χ2v) is 12.5. The van der Waals surface area contributed by atoms with Crippen molar-refractivity contribution < 1.29 is 29.6 Å². The summed E-state index contributed by atoms with van der Waals surface area (Å²) in [6.45, 7) is 7.81. The molecule has 0 spiro atoms. The molecule has 3 heterocycles. The lowest BCUT2D eigenvalue weighted by Crippen LogP contribution is -2.64. The fraction of sp³-hybridized carbons (Fsp3) is 0.656. The number of carbonyl (C=O) groups is 2. The highest BCUT2D eigenvalue weighted by Gasteiger charge is 2.34. The van der Waals surface area contributed by atoms with E-state index in [1.54, 1.807) is 25.8 Å². The van der Waals surface area contributed by atoms with Crippen molar-refractivity contribution >= 4 is 24.0 Å². The van der Waals surface area contributed by atoms with Crippen LogP contribution in [-0.4, -0.2) is 87.6 Å². The first kappa shape index (κ1) is 33.2. The Morgan fingerprint density at radius 2 is 1.86 bits per heavy atom. The van der Waals surface area contributed by atoms with E-state index in [0.29, 0.717) is 25.8 Å². The maximum absolute atomic E-state index is 13.1. The molecule has 6 N–H and O–H groups in total. The van der Waals surface area contributed by atoms with Crippen molar-refractivity contribution in [1.82, 2.24) is 21.1 Å². The molecule has 5 bridgehead atoms. The van der Waals surface area contributed by atoms with Crippen molar-refractivity contribution in [3.63, 3.8) is 0 Å². The zero-order valence-electron chi connectivity index (χ0n) is 25.8. The van der Waals surface area contributed by atoms with Crippen LogP contribution in [0.4, 0.5) is 0 Å². The van der Waals surface area contributed by atoms with E-state index >= 15 is 0 Å². The standard InChI is InChI=1S/C32H49N5O6/c1-19(2)29-31(41)34-21(4)32(42)37-17-7-10-26(36-37)30(40)33-20(3)25-15-13-23-12-11-22(18-27(23)35-25)8-5-6-9-24(38)14-16-28(39)43-29/h5,8,11-13,18-21,24-26,29-30,32-33,36,38,40,42H,6-7,9-10,14-17H2,1-4H3,(H,34,41)/b8-5+/t20-,21+,24+,25?,26+,29+,30?,32?/m1/s1. The van der Waals surface area contributed by atoms with E-state index in [9.17, 15) is 24.9 Å². The van der Waals surface area contributed by atoms with Gasteiger partial charge in [0.15, 0.2) is 6.10 Å². The molecule has 11 heteroatoms. The summed E-state index contributed by atoms with van der Waals surface area (Å²) in [5, 5.41) is 42.3. The zero-order valence-corrected chi connectivity index (χ0v) is 25.8. The van der Waals surface area contributed by atoms with Crippen LogP contribution in [0, 0.1) is 5.92 Å². The summed E-state index contributed by atoms with van der Waals surface area (Å²) in [5.41, 5.74) is 4.25. The highest BCUT2D eigenvalue weighted by Crippen LogP contribution is 2.17. The molecule has 4 unspecified atom stereocenters. The van der Waals surface area contributed by atoms with Crippen molar-refractivity contribution in [3.05, 3.63) is 40.4 Å². The number of rotatable bonds is 1. The summed E-state index contributed by atoms with van der Waals surface area (Å²) < 4.78 is 5.52. The van der Waals surface area contributed by atoms with Gasteiger partial charge in [-0.2, -0.15) is 0 Å².